The number of piperidine rings is 1. The molecule has 0 spiro atoms. The zero-order chi connectivity index (χ0) is 23.6. The van der Waals surface area contributed by atoms with Gasteiger partial charge < -0.3 is 4.42 Å². The van der Waals surface area contributed by atoms with Crippen LogP contribution >= 0.6 is 11.8 Å². The third-order valence-corrected chi connectivity index (χ3v) is 8.45. The largest absolute Gasteiger partial charge is 0.403 e. The van der Waals surface area contributed by atoms with Crippen molar-refractivity contribution < 1.29 is 17.6 Å². The number of aryl methyl sites for hydroxylation is 2. The first-order chi connectivity index (χ1) is 15.8. The first-order valence-electron chi connectivity index (χ1n) is 10.6. The van der Waals surface area contributed by atoms with Gasteiger partial charge in [0.15, 0.2) is 0 Å². The van der Waals surface area contributed by atoms with Crippen LogP contribution in [0, 0.1) is 19.8 Å². The maximum absolute atomic E-state index is 12.9. The molecular weight excluding hydrogens is 460 g/mol. The second-order valence-corrected chi connectivity index (χ2v) is 10.9. The lowest BCUT2D eigenvalue weighted by Crippen LogP contribution is -2.41. The van der Waals surface area contributed by atoms with Crippen molar-refractivity contribution >= 4 is 33.7 Å². The molecule has 1 aromatic heterocycles. The van der Waals surface area contributed by atoms with Crippen molar-refractivity contribution in [2.24, 2.45) is 5.92 Å². The summed E-state index contributed by atoms with van der Waals surface area (Å²) >= 11 is 1.56. The fourth-order valence-electron chi connectivity index (χ4n) is 3.90. The van der Waals surface area contributed by atoms with Gasteiger partial charge in [0.1, 0.15) is 0 Å². The normalized spacial score (nSPS) is 15.5. The molecule has 1 saturated heterocycles. The Labute approximate surface area is 197 Å². The maximum Gasteiger partial charge on any atom is 0.322 e. The highest BCUT2D eigenvalue weighted by molar-refractivity contribution is 7.98. The minimum absolute atomic E-state index is 0.0407. The smallest absolute Gasteiger partial charge is 0.322 e. The van der Waals surface area contributed by atoms with Gasteiger partial charge in [0.05, 0.1) is 4.90 Å². The molecule has 3 aromatic rings. The lowest BCUT2D eigenvalue weighted by Gasteiger charge is -2.30. The van der Waals surface area contributed by atoms with Gasteiger partial charge in [0.25, 0.3) is 0 Å². The molecule has 2 heterocycles. The van der Waals surface area contributed by atoms with Crippen LogP contribution in [0.25, 0.3) is 11.5 Å². The van der Waals surface area contributed by atoms with E-state index in [1.165, 1.54) is 4.31 Å². The second-order valence-electron chi connectivity index (χ2n) is 8.07. The van der Waals surface area contributed by atoms with Gasteiger partial charge >= 0.3 is 6.01 Å². The molecule has 0 unspecified atom stereocenters. The topological polar surface area (TPSA) is 105 Å². The quantitative estimate of drug-likeness (QED) is 0.523. The van der Waals surface area contributed by atoms with Crippen LogP contribution in [0.2, 0.25) is 0 Å². The third kappa shape index (κ3) is 5.13. The molecule has 0 radical (unpaired) electrons. The summed E-state index contributed by atoms with van der Waals surface area (Å²) in [5.41, 5.74) is 2.96. The number of hydrogen-bond donors (Lipinski definition) is 1. The molecule has 0 atom stereocenters. The maximum atomic E-state index is 12.9. The molecule has 33 heavy (non-hydrogen) atoms. The van der Waals surface area contributed by atoms with Gasteiger partial charge in [0.2, 0.25) is 21.8 Å². The zero-order valence-electron chi connectivity index (χ0n) is 18.7. The highest BCUT2D eigenvalue weighted by Gasteiger charge is 2.32. The summed E-state index contributed by atoms with van der Waals surface area (Å²) in [5.74, 6) is -0.227. The van der Waals surface area contributed by atoms with E-state index in [9.17, 15) is 13.2 Å². The van der Waals surface area contributed by atoms with Crippen molar-refractivity contribution in [2.75, 3.05) is 24.7 Å². The Kier molecular flexibility index (Phi) is 6.87. The van der Waals surface area contributed by atoms with Crippen LogP contribution in [-0.4, -0.2) is 48.2 Å². The predicted octanol–water partition coefficient (Wildman–Crippen LogP) is 4.11. The molecule has 1 aliphatic heterocycles. The van der Waals surface area contributed by atoms with E-state index in [1.54, 1.807) is 36.0 Å². The van der Waals surface area contributed by atoms with E-state index in [4.69, 9.17) is 4.42 Å². The van der Waals surface area contributed by atoms with Crippen molar-refractivity contribution in [1.82, 2.24) is 14.5 Å². The Morgan fingerprint density at radius 1 is 1.09 bits per heavy atom. The van der Waals surface area contributed by atoms with Crippen molar-refractivity contribution in [3.05, 3.63) is 53.6 Å². The molecule has 1 aliphatic rings. The Morgan fingerprint density at radius 3 is 2.42 bits per heavy atom. The van der Waals surface area contributed by atoms with Gasteiger partial charge in [-0.15, -0.1) is 16.9 Å². The summed E-state index contributed by atoms with van der Waals surface area (Å²) in [6.45, 7) is 4.53. The molecule has 174 valence electrons. The lowest BCUT2D eigenvalue weighted by molar-refractivity contribution is -0.121. The Bertz CT molecular complexity index is 1250. The van der Waals surface area contributed by atoms with Crippen LogP contribution < -0.4 is 5.32 Å². The van der Waals surface area contributed by atoms with Crippen LogP contribution in [-0.2, 0) is 14.8 Å². The van der Waals surface area contributed by atoms with E-state index in [1.807, 2.05) is 38.3 Å². The minimum atomic E-state index is -3.58. The predicted molar refractivity (Wildman–Crippen MR) is 128 cm³/mol. The van der Waals surface area contributed by atoms with Crippen molar-refractivity contribution in [2.45, 2.75) is 36.5 Å². The van der Waals surface area contributed by atoms with E-state index in [0.717, 1.165) is 21.6 Å². The molecule has 2 aromatic carbocycles. The highest BCUT2D eigenvalue weighted by Crippen LogP contribution is 2.27. The van der Waals surface area contributed by atoms with Gasteiger partial charge in [-0.3, -0.25) is 10.1 Å². The number of carbonyl (C=O) groups excluding carboxylic acids is 1. The Morgan fingerprint density at radius 2 is 1.79 bits per heavy atom. The van der Waals surface area contributed by atoms with Crippen molar-refractivity contribution in [3.63, 3.8) is 0 Å². The van der Waals surface area contributed by atoms with Crippen molar-refractivity contribution in [3.8, 4) is 11.5 Å². The first kappa shape index (κ1) is 23.5. The van der Waals surface area contributed by atoms with E-state index in [0.29, 0.717) is 18.7 Å². The summed E-state index contributed by atoms with van der Waals surface area (Å²) in [7, 11) is -3.58. The first-order valence-corrected chi connectivity index (χ1v) is 13.3. The van der Waals surface area contributed by atoms with Crippen molar-refractivity contribution in [1.29, 1.82) is 0 Å². The minimum Gasteiger partial charge on any atom is -0.403 e. The molecule has 1 N–H and O–H groups in total. The summed E-state index contributed by atoms with van der Waals surface area (Å²) in [4.78, 5) is 14.0. The number of hydrogen-bond acceptors (Lipinski definition) is 7. The molecule has 1 amide bonds. The number of benzene rings is 2. The van der Waals surface area contributed by atoms with Gasteiger partial charge in [-0.1, -0.05) is 22.8 Å². The second kappa shape index (κ2) is 9.66. The fourth-order valence-corrected chi connectivity index (χ4v) is 5.78. The average Bonchev–Trinajstić information content (AvgIpc) is 3.27. The molecule has 0 bridgehead atoms. The molecule has 10 heteroatoms. The average molecular weight is 487 g/mol. The molecule has 4 rings (SSSR count). The van der Waals surface area contributed by atoms with Crippen LogP contribution in [0.1, 0.15) is 24.0 Å². The monoisotopic (exact) mass is 486 g/mol. The fraction of sp³-hybridized carbons (Fsp3) is 0.348. The third-order valence-electron chi connectivity index (χ3n) is 5.79. The summed E-state index contributed by atoms with van der Waals surface area (Å²) < 4.78 is 32.9. The highest BCUT2D eigenvalue weighted by atomic mass is 32.2. The molecule has 0 aliphatic carbocycles. The Hall–Kier alpha value is -2.69. The molecular formula is C23H26N4O4S2. The molecule has 8 nitrogen and oxygen atoms in total. The number of aromatic nitrogens is 2. The van der Waals surface area contributed by atoms with Crippen LogP contribution in [0.15, 0.2) is 56.7 Å². The van der Waals surface area contributed by atoms with E-state index in [2.05, 4.69) is 15.5 Å². The van der Waals surface area contributed by atoms with Gasteiger partial charge in [-0.25, -0.2) is 8.42 Å². The van der Waals surface area contributed by atoms with Crippen LogP contribution in [0.5, 0.6) is 0 Å². The molecule has 0 saturated carbocycles. The summed E-state index contributed by atoms with van der Waals surface area (Å²) in [6.07, 6.45) is 2.79. The van der Waals surface area contributed by atoms with Crippen LogP contribution in [0.3, 0.4) is 0 Å². The van der Waals surface area contributed by atoms with E-state index < -0.39 is 10.0 Å². The van der Waals surface area contributed by atoms with Gasteiger partial charge in [-0.05, 0) is 68.8 Å². The van der Waals surface area contributed by atoms with Gasteiger partial charge in [0, 0.05) is 29.5 Å². The Balaban J connectivity index is 1.36. The number of anilines is 1. The number of nitrogens with zero attached hydrogens (tertiary/aromatic N) is 3. The standard InChI is InChI=1S/C23H26N4O4S2/c1-15-4-9-20(16(2)14-15)22-25-26-23(31-22)24-21(28)17-10-12-27(13-11-17)33(29,30)19-7-5-18(32-3)6-8-19/h4-9,14,17H,10-13H2,1-3H3,(H,24,26,28). The lowest BCUT2D eigenvalue weighted by atomic mass is 9.97. The SMILES string of the molecule is CSc1ccc(S(=O)(=O)N2CCC(C(=O)Nc3nnc(-c4ccc(C)cc4C)o3)CC2)cc1. The number of thioether (sulfide) groups is 1. The van der Waals surface area contributed by atoms with E-state index in [-0.39, 0.29) is 35.8 Å². The molecule has 1 fully saturated rings. The number of sulfonamides is 1. The number of amides is 1. The van der Waals surface area contributed by atoms with E-state index >= 15 is 0 Å². The zero-order valence-corrected chi connectivity index (χ0v) is 20.4. The van der Waals surface area contributed by atoms with Crippen LogP contribution in [0.4, 0.5) is 6.01 Å². The number of carbonyl (C=O) groups is 1. The summed E-state index contributed by atoms with van der Waals surface area (Å²) in [6, 6.07) is 12.8. The summed E-state index contributed by atoms with van der Waals surface area (Å²) in [5, 5.41) is 10.7. The van der Waals surface area contributed by atoms with Gasteiger partial charge in [-0.2, -0.15) is 4.31 Å². The number of nitrogens with one attached hydrogen (secondary N) is 1. The number of rotatable bonds is 6.